The van der Waals surface area contributed by atoms with E-state index >= 15 is 0 Å². The van der Waals surface area contributed by atoms with Crippen LogP contribution in [0, 0.1) is 0 Å². The van der Waals surface area contributed by atoms with Crippen LogP contribution in [0.4, 0.5) is 0 Å². The number of nitrogens with zero attached hydrogens (tertiary/aromatic N) is 7. The zero-order chi connectivity index (χ0) is 24.9. The smallest absolute Gasteiger partial charge is 0.395 e. The van der Waals surface area contributed by atoms with Crippen LogP contribution in [0.5, 0.6) is 23.5 Å². The molecule has 0 saturated carbocycles. The van der Waals surface area contributed by atoms with Gasteiger partial charge in [-0.1, -0.05) is 28.8 Å². The highest BCUT2D eigenvalue weighted by Gasteiger charge is 2.43. The Kier molecular flexibility index (Phi) is 6.88. The summed E-state index contributed by atoms with van der Waals surface area (Å²) in [6.45, 7) is 3.80. The largest absolute Gasteiger partial charge is 0.457 e. The van der Waals surface area contributed by atoms with E-state index in [9.17, 15) is 0 Å². The van der Waals surface area contributed by atoms with E-state index < -0.39 is 22.5 Å². The number of aromatic nitrogens is 4. The van der Waals surface area contributed by atoms with Crippen LogP contribution in [0.1, 0.15) is 0 Å². The fourth-order valence-corrected chi connectivity index (χ4v) is 12.6. The number of hydrogen-bond acceptors (Lipinski definition) is 11. The van der Waals surface area contributed by atoms with Crippen LogP contribution in [-0.4, -0.2) is 33.3 Å². The van der Waals surface area contributed by atoms with Gasteiger partial charge in [0.2, 0.25) is 23.5 Å². The molecular formula is C22H22N7O4P3. The Labute approximate surface area is 208 Å². The van der Waals surface area contributed by atoms with Crippen molar-refractivity contribution in [1.82, 2.24) is 19.9 Å². The normalized spacial score (nSPS) is 16.8. The molecule has 36 heavy (non-hydrogen) atoms. The molecule has 1 aliphatic heterocycles. The van der Waals surface area contributed by atoms with Gasteiger partial charge in [0.25, 0.3) is 0 Å². The highest BCUT2D eigenvalue weighted by molar-refractivity contribution is 7.81. The molecule has 11 nitrogen and oxygen atoms in total. The molecule has 14 heteroatoms. The maximum Gasteiger partial charge on any atom is 0.457 e. The third kappa shape index (κ3) is 6.00. The monoisotopic (exact) mass is 541 g/mol. The van der Waals surface area contributed by atoms with Crippen molar-refractivity contribution in [2.24, 2.45) is 13.5 Å². The lowest BCUT2D eigenvalue weighted by molar-refractivity contribution is 0.441. The summed E-state index contributed by atoms with van der Waals surface area (Å²) in [4.78, 5) is 17.2. The van der Waals surface area contributed by atoms with E-state index in [1.54, 1.807) is 97.6 Å². The molecule has 5 rings (SSSR count). The lowest BCUT2D eigenvalue weighted by Gasteiger charge is -2.30. The van der Waals surface area contributed by atoms with E-state index in [2.05, 4.69) is 19.9 Å². The quantitative estimate of drug-likeness (QED) is 0.215. The third-order valence-corrected chi connectivity index (χ3v) is 13.1. The van der Waals surface area contributed by atoms with Gasteiger partial charge in [-0.15, -0.1) is 0 Å². The average molecular weight is 541 g/mol. The number of rotatable bonds is 8. The highest BCUT2D eigenvalue weighted by Crippen LogP contribution is 2.76. The first-order valence-electron chi connectivity index (χ1n) is 10.7. The maximum absolute atomic E-state index is 6.31. The molecule has 184 valence electrons. The van der Waals surface area contributed by atoms with Gasteiger partial charge in [-0.05, 0) is 37.6 Å². The number of pyridine rings is 4. The molecule has 4 aromatic rings. The SMILES string of the molecule is CP1(C)=NP(Oc2ccccn2)(Oc2ccccn2)=NP(Oc2ccccn2)(Oc2ccccn2)=N1. The Morgan fingerprint density at radius 1 is 0.444 bits per heavy atom. The molecule has 1 aliphatic rings. The summed E-state index contributed by atoms with van der Waals surface area (Å²) < 4.78 is 40.0. The molecule has 0 saturated heterocycles. The lowest BCUT2D eigenvalue weighted by Crippen LogP contribution is -2.08. The predicted octanol–water partition coefficient (Wildman–Crippen LogP) is 7.16. The van der Waals surface area contributed by atoms with Gasteiger partial charge in [-0.3, -0.25) is 0 Å². The van der Waals surface area contributed by atoms with Crippen LogP contribution < -0.4 is 18.1 Å². The zero-order valence-electron chi connectivity index (χ0n) is 19.3. The summed E-state index contributed by atoms with van der Waals surface area (Å²) in [6, 6.07) is 21.1. The minimum absolute atomic E-state index is 0.282. The van der Waals surface area contributed by atoms with Crippen LogP contribution >= 0.6 is 22.5 Å². The van der Waals surface area contributed by atoms with Gasteiger partial charge in [0.05, 0.1) is 7.21 Å². The summed E-state index contributed by atoms with van der Waals surface area (Å²) in [5.41, 5.74) is 0. The summed E-state index contributed by atoms with van der Waals surface area (Å²) in [5, 5.41) is 0. The van der Waals surface area contributed by atoms with Crippen LogP contribution in [0.3, 0.4) is 0 Å². The van der Waals surface area contributed by atoms with Crippen molar-refractivity contribution in [3.8, 4) is 23.5 Å². The third-order valence-electron chi connectivity index (χ3n) is 4.29. The second-order valence-electron chi connectivity index (χ2n) is 7.62. The molecule has 0 fully saturated rings. The van der Waals surface area contributed by atoms with E-state index in [1.807, 2.05) is 13.3 Å². The van der Waals surface area contributed by atoms with Gasteiger partial charge >= 0.3 is 15.3 Å². The molecule has 0 amide bonds. The van der Waals surface area contributed by atoms with Gasteiger partial charge in [0.1, 0.15) is 0 Å². The first-order chi connectivity index (χ1) is 17.4. The van der Waals surface area contributed by atoms with Gasteiger partial charge in [-0.25, -0.2) is 19.9 Å². The second kappa shape index (κ2) is 10.2. The van der Waals surface area contributed by atoms with E-state index in [1.165, 1.54) is 0 Å². The summed E-state index contributed by atoms with van der Waals surface area (Å²) >= 11 is 0. The van der Waals surface area contributed by atoms with Crippen molar-refractivity contribution in [2.45, 2.75) is 0 Å². The van der Waals surface area contributed by atoms with Crippen molar-refractivity contribution in [3.63, 3.8) is 0 Å². The Bertz CT molecular complexity index is 1310. The van der Waals surface area contributed by atoms with Gasteiger partial charge < -0.3 is 18.1 Å². The summed E-state index contributed by atoms with van der Waals surface area (Å²) in [5.74, 6) is 1.13. The average Bonchev–Trinajstić information content (AvgIpc) is 2.85. The highest BCUT2D eigenvalue weighted by atomic mass is 31.3. The zero-order valence-corrected chi connectivity index (χ0v) is 22.0. The Hall–Kier alpha value is -3.51. The van der Waals surface area contributed by atoms with Crippen molar-refractivity contribution in [1.29, 1.82) is 0 Å². The summed E-state index contributed by atoms with van der Waals surface area (Å²) in [6.07, 6.45) is 6.44. The fourth-order valence-electron chi connectivity index (χ4n) is 3.02. The van der Waals surface area contributed by atoms with Crippen molar-refractivity contribution in [2.75, 3.05) is 13.3 Å². The van der Waals surface area contributed by atoms with E-state index in [0.717, 1.165) is 0 Å². The Morgan fingerprint density at radius 3 is 1.08 bits per heavy atom. The first kappa shape index (κ1) is 24.2. The molecule has 0 spiro atoms. The number of hydrogen-bond donors (Lipinski definition) is 0. The molecular weight excluding hydrogens is 519 g/mol. The lowest BCUT2D eigenvalue weighted by atomic mass is 10.5. The molecule has 0 radical (unpaired) electrons. The van der Waals surface area contributed by atoms with E-state index in [0.29, 0.717) is 0 Å². The minimum atomic E-state index is -3.53. The minimum Gasteiger partial charge on any atom is -0.395 e. The summed E-state index contributed by atoms with van der Waals surface area (Å²) in [7, 11) is -9.54. The maximum atomic E-state index is 6.31. The predicted molar refractivity (Wildman–Crippen MR) is 139 cm³/mol. The van der Waals surface area contributed by atoms with Crippen LogP contribution in [-0.2, 0) is 0 Å². The topological polar surface area (TPSA) is 126 Å². The Balaban J connectivity index is 1.72. The van der Waals surface area contributed by atoms with E-state index in [-0.39, 0.29) is 23.5 Å². The van der Waals surface area contributed by atoms with Gasteiger partial charge in [0.15, 0.2) is 0 Å². The molecule has 5 heterocycles. The van der Waals surface area contributed by atoms with Gasteiger partial charge in [-0.2, -0.15) is 9.03 Å². The Morgan fingerprint density at radius 2 is 0.778 bits per heavy atom. The molecule has 4 aromatic heterocycles. The van der Waals surface area contributed by atoms with E-state index in [4.69, 9.17) is 31.6 Å². The van der Waals surface area contributed by atoms with Crippen LogP contribution in [0.2, 0.25) is 0 Å². The second-order valence-corrected chi connectivity index (χ2v) is 15.1. The standard InChI is InChI=1S/C22H22N7O4P3/c1-34(2)27-35(30-19-11-3-7-15-23-19,31-20-12-4-8-16-24-20)29-36(28-34,32-21-13-5-9-17-25-21)33-22-14-6-10-18-26-22/h3-18H,1-2H3. The van der Waals surface area contributed by atoms with Crippen molar-refractivity contribution >= 4 is 22.5 Å². The van der Waals surface area contributed by atoms with Crippen molar-refractivity contribution < 1.29 is 18.1 Å². The first-order valence-corrected chi connectivity index (χ1v) is 16.4. The molecule has 0 aliphatic carbocycles. The molecule has 0 bridgehead atoms. The van der Waals surface area contributed by atoms with Crippen LogP contribution in [0.15, 0.2) is 111 Å². The molecule has 0 aromatic carbocycles. The fraction of sp³-hybridized carbons (Fsp3) is 0.0909. The molecule has 0 N–H and O–H groups in total. The molecule has 0 atom stereocenters. The van der Waals surface area contributed by atoms with Crippen molar-refractivity contribution in [3.05, 3.63) is 97.6 Å². The van der Waals surface area contributed by atoms with Crippen LogP contribution in [0.25, 0.3) is 0 Å². The van der Waals surface area contributed by atoms with Gasteiger partial charge in [0, 0.05) is 49.1 Å². The molecule has 0 unspecified atom stereocenters.